The summed E-state index contributed by atoms with van der Waals surface area (Å²) in [6, 6.07) is 9.34. The Balaban J connectivity index is 2.15. The lowest BCUT2D eigenvalue weighted by Gasteiger charge is -2.41. The molecule has 2 rings (SSSR count). The first-order valence-electron chi connectivity index (χ1n) is 6.79. The molecule has 94 valence electrons. The maximum absolute atomic E-state index is 5.99. The lowest BCUT2D eigenvalue weighted by atomic mass is 9.79. The molecule has 0 bridgehead atoms. The van der Waals surface area contributed by atoms with Gasteiger partial charge in [0.25, 0.3) is 0 Å². The summed E-state index contributed by atoms with van der Waals surface area (Å²) >= 11 is 0. The molecule has 0 amide bonds. The van der Waals surface area contributed by atoms with Crippen LogP contribution in [0.25, 0.3) is 0 Å². The highest BCUT2D eigenvalue weighted by atomic mass is 15.2. The third-order valence-corrected chi connectivity index (χ3v) is 4.04. The van der Waals surface area contributed by atoms with Crippen molar-refractivity contribution in [2.75, 3.05) is 18.0 Å². The molecule has 0 aromatic heterocycles. The molecule has 2 heteroatoms. The largest absolute Gasteiger partial charge is 0.367 e. The maximum Gasteiger partial charge on any atom is 0.0440 e. The number of hydrogen-bond donors (Lipinski definition) is 1. The van der Waals surface area contributed by atoms with E-state index < -0.39 is 0 Å². The molecule has 1 aliphatic rings. The summed E-state index contributed by atoms with van der Waals surface area (Å²) in [5, 5.41) is 0. The SMILES string of the molecule is CCN(c1ccc(C)cc1)C(CN)C1CCC1. The second-order valence-corrected chi connectivity index (χ2v) is 5.12. The molecule has 17 heavy (non-hydrogen) atoms. The predicted molar refractivity (Wildman–Crippen MR) is 74.4 cm³/mol. The number of hydrogen-bond acceptors (Lipinski definition) is 2. The van der Waals surface area contributed by atoms with Gasteiger partial charge in [0, 0.05) is 24.8 Å². The highest BCUT2D eigenvalue weighted by Gasteiger charge is 2.30. The second-order valence-electron chi connectivity index (χ2n) is 5.12. The van der Waals surface area contributed by atoms with Crippen molar-refractivity contribution >= 4 is 5.69 Å². The molecule has 0 spiro atoms. The van der Waals surface area contributed by atoms with E-state index in [0.29, 0.717) is 6.04 Å². The molecule has 1 fully saturated rings. The van der Waals surface area contributed by atoms with Crippen LogP contribution in [0, 0.1) is 12.8 Å². The second kappa shape index (κ2) is 5.54. The van der Waals surface area contributed by atoms with Crippen molar-refractivity contribution in [2.45, 2.75) is 39.2 Å². The van der Waals surface area contributed by atoms with Crippen molar-refractivity contribution in [1.82, 2.24) is 0 Å². The van der Waals surface area contributed by atoms with Crippen LogP contribution >= 0.6 is 0 Å². The van der Waals surface area contributed by atoms with E-state index in [1.54, 1.807) is 0 Å². The number of nitrogens with two attached hydrogens (primary N) is 1. The van der Waals surface area contributed by atoms with Crippen LogP contribution in [-0.4, -0.2) is 19.1 Å². The summed E-state index contributed by atoms with van der Waals surface area (Å²) in [6.45, 7) is 6.17. The molecule has 0 radical (unpaired) electrons. The van der Waals surface area contributed by atoms with Gasteiger partial charge in [-0.25, -0.2) is 0 Å². The molecule has 1 aromatic carbocycles. The van der Waals surface area contributed by atoms with Gasteiger partial charge in [0.2, 0.25) is 0 Å². The van der Waals surface area contributed by atoms with Gasteiger partial charge in [0.05, 0.1) is 0 Å². The third kappa shape index (κ3) is 2.63. The van der Waals surface area contributed by atoms with Gasteiger partial charge in [-0.1, -0.05) is 24.1 Å². The van der Waals surface area contributed by atoms with E-state index in [-0.39, 0.29) is 0 Å². The number of nitrogens with zero attached hydrogens (tertiary/aromatic N) is 1. The minimum atomic E-state index is 0.524. The van der Waals surface area contributed by atoms with Crippen molar-refractivity contribution < 1.29 is 0 Å². The Kier molecular flexibility index (Phi) is 4.06. The zero-order chi connectivity index (χ0) is 12.3. The fraction of sp³-hybridized carbons (Fsp3) is 0.600. The number of likely N-dealkylation sites (N-methyl/N-ethyl adjacent to an activating group) is 1. The summed E-state index contributed by atoms with van der Waals surface area (Å²) in [7, 11) is 0. The summed E-state index contributed by atoms with van der Waals surface area (Å²) < 4.78 is 0. The first-order valence-corrected chi connectivity index (χ1v) is 6.79. The fourth-order valence-corrected chi connectivity index (χ4v) is 2.74. The van der Waals surface area contributed by atoms with Crippen LogP contribution in [0.2, 0.25) is 0 Å². The van der Waals surface area contributed by atoms with Gasteiger partial charge in [-0.05, 0) is 44.7 Å². The summed E-state index contributed by atoms with van der Waals surface area (Å²) in [6.07, 6.45) is 4.08. The molecular formula is C15H24N2. The van der Waals surface area contributed by atoms with Gasteiger partial charge in [0.1, 0.15) is 0 Å². The van der Waals surface area contributed by atoms with E-state index in [9.17, 15) is 0 Å². The normalized spacial score (nSPS) is 17.6. The van der Waals surface area contributed by atoms with Gasteiger partial charge in [-0.3, -0.25) is 0 Å². The van der Waals surface area contributed by atoms with Crippen molar-refractivity contribution in [3.05, 3.63) is 29.8 Å². The lowest BCUT2D eigenvalue weighted by molar-refractivity contribution is 0.256. The smallest absolute Gasteiger partial charge is 0.0440 e. The van der Waals surface area contributed by atoms with Crippen molar-refractivity contribution in [2.24, 2.45) is 11.7 Å². The third-order valence-electron chi connectivity index (χ3n) is 4.04. The van der Waals surface area contributed by atoms with E-state index >= 15 is 0 Å². The molecule has 0 saturated heterocycles. The van der Waals surface area contributed by atoms with Crippen molar-refractivity contribution in [3.8, 4) is 0 Å². The zero-order valence-electron chi connectivity index (χ0n) is 11.0. The van der Waals surface area contributed by atoms with E-state index in [2.05, 4.69) is 43.0 Å². The maximum atomic E-state index is 5.99. The van der Waals surface area contributed by atoms with Gasteiger partial charge < -0.3 is 10.6 Å². The van der Waals surface area contributed by atoms with Gasteiger partial charge in [-0.15, -0.1) is 0 Å². The monoisotopic (exact) mass is 232 g/mol. The molecule has 1 atom stereocenters. The fourth-order valence-electron chi connectivity index (χ4n) is 2.74. The first kappa shape index (κ1) is 12.4. The Bertz CT molecular complexity index is 340. The van der Waals surface area contributed by atoms with Crippen LogP contribution in [0.3, 0.4) is 0 Å². The van der Waals surface area contributed by atoms with E-state index in [0.717, 1.165) is 19.0 Å². The van der Waals surface area contributed by atoms with Gasteiger partial charge in [0.15, 0.2) is 0 Å². The van der Waals surface area contributed by atoms with Crippen LogP contribution in [0.1, 0.15) is 31.7 Å². The topological polar surface area (TPSA) is 29.3 Å². The Hall–Kier alpha value is -1.02. The highest BCUT2D eigenvalue weighted by molar-refractivity contribution is 5.48. The minimum Gasteiger partial charge on any atom is -0.367 e. The Morgan fingerprint density at radius 1 is 1.29 bits per heavy atom. The van der Waals surface area contributed by atoms with Crippen LogP contribution in [0.15, 0.2) is 24.3 Å². The van der Waals surface area contributed by atoms with Crippen LogP contribution in [-0.2, 0) is 0 Å². The van der Waals surface area contributed by atoms with E-state index in [1.807, 2.05) is 0 Å². The van der Waals surface area contributed by atoms with E-state index in [4.69, 9.17) is 5.73 Å². The lowest BCUT2D eigenvalue weighted by Crippen LogP contribution is -2.48. The highest BCUT2D eigenvalue weighted by Crippen LogP contribution is 2.33. The predicted octanol–water partition coefficient (Wildman–Crippen LogP) is 2.95. The molecule has 2 nitrogen and oxygen atoms in total. The minimum absolute atomic E-state index is 0.524. The van der Waals surface area contributed by atoms with E-state index in [1.165, 1.54) is 30.5 Å². The molecule has 0 heterocycles. The Morgan fingerprint density at radius 2 is 1.94 bits per heavy atom. The molecule has 1 saturated carbocycles. The number of benzene rings is 1. The molecule has 0 aliphatic heterocycles. The van der Waals surface area contributed by atoms with Crippen molar-refractivity contribution in [3.63, 3.8) is 0 Å². The number of anilines is 1. The average molecular weight is 232 g/mol. The van der Waals surface area contributed by atoms with Crippen LogP contribution in [0.4, 0.5) is 5.69 Å². The Labute approximate surface area is 105 Å². The van der Waals surface area contributed by atoms with Crippen molar-refractivity contribution in [1.29, 1.82) is 0 Å². The molecule has 1 unspecified atom stereocenters. The number of aryl methyl sites for hydroxylation is 1. The molecule has 1 aliphatic carbocycles. The van der Waals surface area contributed by atoms with Crippen LogP contribution < -0.4 is 10.6 Å². The number of rotatable bonds is 5. The summed E-state index contributed by atoms with van der Waals surface area (Å²) in [5.74, 6) is 0.807. The first-order chi connectivity index (χ1) is 8.26. The quantitative estimate of drug-likeness (QED) is 0.845. The summed E-state index contributed by atoms with van der Waals surface area (Å²) in [5.41, 5.74) is 8.62. The molecule has 2 N–H and O–H groups in total. The van der Waals surface area contributed by atoms with Gasteiger partial charge >= 0.3 is 0 Å². The molecular weight excluding hydrogens is 208 g/mol. The zero-order valence-corrected chi connectivity index (χ0v) is 11.0. The standard InChI is InChI=1S/C15H24N2/c1-3-17(14-9-7-12(2)8-10-14)15(11-16)13-5-4-6-13/h7-10,13,15H,3-6,11,16H2,1-2H3. The Morgan fingerprint density at radius 3 is 2.35 bits per heavy atom. The summed E-state index contributed by atoms with van der Waals surface area (Å²) in [4.78, 5) is 2.48. The van der Waals surface area contributed by atoms with Gasteiger partial charge in [-0.2, -0.15) is 0 Å². The van der Waals surface area contributed by atoms with Crippen LogP contribution in [0.5, 0.6) is 0 Å². The average Bonchev–Trinajstić information content (AvgIpc) is 2.28. The molecule has 1 aromatic rings.